The Morgan fingerprint density at radius 1 is 1.26 bits per heavy atom. The minimum atomic E-state index is -0.367. The molecule has 1 aliphatic heterocycles. The molecule has 0 atom stereocenters. The van der Waals surface area contributed by atoms with Crippen molar-refractivity contribution in [2.75, 3.05) is 18.4 Å². The van der Waals surface area contributed by atoms with Gasteiger partial charge in [-0.25, -0.2) is 4.39 Å². The van der Waals surface area contributed by atoms with Gasteiger partial charge in [-0.15, -0.1) is 0 Å². The molecule has 5 heteroatoms. The zero-order chi connectivity index (χ0) is 16.8. The van der Waals surface area contributed by atoms with E-state index in [2.05, 4.69) is 5.32 Å². The van der Waals surface area contributed by atoms with Crippen molar-refractivity contribution < 1.29 is 14.0 Å². The number of amides is 2. The molecule has 1 saturated heterocycles. The van der Waals surface area contributed by atoms with E-state index >= 15 is 0 Å². The zero-order valence-electron chi connectivity index (χ0n) is 13.8. The Hall–Kier alpha value is -1.91. The van der Waals surface area contributed by atoms with E-state index in [-0.39, 0.29) is 29.5 Å². The number of hydrogen-bond acceptors (Lipinski definition) is 2. The summed E-state index contributed by atoms with van der Waals surface area (Å²) in [5.41, 5.74) is 0.477. The molecular weight excluding hydrogens is 295 g/mol. The van der Waals surface area contributed by atoms with Crippen molar-refractivity contribution >= 4 is 17.5 Å². The standard InChI is InChI=1S/C18H25FN2O2/c1-3-13(4-2)18(23)21-10-8-14(9-11-21)17(22)20-16-7-5-6-15(19)12-16/h5-7,12-14H,3-4,8-11H2,1-2H3,(H,20,22). The maximum Gasteiger partial charge on any atom is 0.227 e. The predicted octanol–water partition coefficient (Wildman–Crippen LogP) is 3.44. The van der Waals surface area contributed by atoms with Crippen molar-refractivity contribution in [3.05, 3.63) is 30.1 Å². The van der Waals surface area contributed by atoms with Crippen molar-refractivity contribution in [2.24, 2.45) is 11.8 Å². The number of carbonyl (C=O) groups is 2. The van der Waals surface area contributed by atoms with Crippen LogP contribution >= 0.6 is 0 Å². The molecule has 126 valence electrons. The first kappa shape index (κ1) is 17.4. The Kier molecular flexibility index (Phi) is 6.13. The van der Waals surface area contributed by atoms with Crippen LogP contribution in [0.3, 0.4) is 0 Å². The molecule has 1 N–H and O–H groups in total. The average Bonchev–Trinajstić information content (AvgIpc) is 2.56. The third-order valence-electron chi connectivity index (χ3n) is 4.60. The summed E-state index contributed by atoms with van der Waals surface area (Å²) in [6.07, 6.45) is 3.03. The smallest absolute Gasteiger partial charge is 0.227 e. The average molecular weight is 320 g/mol. The van der Waals surface area contributed by atoms with E-state index in [1.165, 1.54) is 12.1 Å². The molecule has 0 saturated carbocycles. The van der Waals surface area contributed by atoms with Crippen LogP contribution in [0.2, 0.25) is 0 Å². The van der Waals surface area contributed by atoms with Crippen LogP contribution in [0.15, 0.2) is 24.3 Å². The fourth-order valence-electron chi connectivity index (χ4n) is 3.07. The van der Waals surface area contributed by atoms with Crippen LogP contribution in [0.25, 0.3) is 0 Å². The maximum absolute atomic E-state index is 13.1. The van der Waals surface area contributed by atoms with Crippen molar-refractivity contribution in [2.45, 2.75) is 39.5 Å². The Morgan fingerprint density at radius 2 is 1.91 bits per heavy atom. The topological polar surface area (TPSA) is 49.4 Å². The second-order valence-corrected chi connectivity index (χ2v) is 6.11. The van der Waals surface area contributed by atoms with E-state index in [0.717, 1.165) is 12.8 Å². The molecule has 2 amide bonds. The molecule has 2 rings (SSSR count). The summed E-state index contributed by atoms with van der Waals surface area (Å²) in [5, 5.41) is 2.76. The maximum atomic E-state index is 13.1. The second-order valence-electron chi connectivity index (χ2n) is 6.11. The number of nitrogens with one attached hydrogen (secondary N) is 1. The molecule has 1 fully saturated rings. The summed E-state index contributed by atoms with van der Waals surface area (Å²) in [7, 11) is 0. The highest BCUT2D eigenvalue weighted by Crippen LogP contribution is 2.22. The monoisotopic (exact) mass is 320 g/mol. The summed E-state index contributed by atoms with van der Waals surface area (Å²) < 4.78 is 13.1. The van der Waals surface area contributed by atoms with Crippen LogP contribution in [0.4, 0.5) is 10.1 Å². The molecule has 0 aliphatic carbocycles. The van der Waals surface area contributed by atoms with Gasteiger partial charge in [-0.3, -0.25) is 9.59 Å². The lowest BCUT2D eigenvalue weighted by Crippen LogP contribution is -2.43. The predicted molar refractivity (Wildman–Crippen MR) is 88.4 cm³/mol. The Labute approximate surface area is 137 Å². The molecule has 0 bridgehead atoms. The van der Waals surface area contributed by atoms with Gasteiger partial charge >= 0.3 is 0 Å². The number of piperidine rings is 1. The molecule has 0 aromatic heterocycles. The summed E-state index contributed by atoms with van der Waals surface area (Å²) in [4.78, 5) is 26.5. The first-order chi connectivity index (χ1) is 11.0. The van der Waals surface area contributed by atoms with E-state index < -0.39 is 0 Å². The lowest BCUT2D eigenvalue weighted by molar-refractivity contribution is -0.138. The fourth-order valence-corrected chi connectivity index (χ4v) is 3.07. The van der Waals surface area contributed by atoms with Crippen molar-refractivity contribution in [3.8, 4) is 0 Å². The van der Waals surface area contributed by atoms with Gasteiger partial charge in [0.05, 0.1) is 0 Å². The van der Waals surface area contributed by atoms with Gasteiger partial charge in [-0.1, -0.05) is 19.9 Å². The van der Waals surface area contributed by atoms with E-state index in [4.69, 9.17) is 0 Å². The first-order valence-corrected chi connectivity index (χ1v) is 8.40. The Morgan fingerprint density at radius 3 is 2.48 bits per heavy atom. The van der Waals surface area contributed by atoms with Gasteiger partial charge in [0, 0.05) is 30.6 Å². The second kappa shape index (κ2) is 8.09. The number of nitrogens with zero attached hydrogens (tertiary/aromatic N) is 1. The summed E-state index contributed by atoms with van der Waals surface area (Å²) in [6.45, 7) is 5.31. The minimum absolute atomic E-state index is 0.0904. The van der Waals surface area contributed by atoms with Crippen molar-refractivity contribution in [1.82, 2.24) is 4.90 Å². The molecule has 4 nitrogen and oxygen atoms in total. The summed E-state index contributed by atoms with van der Waals surface area (Å²) in [5.74, 6) is -0.283. The van der Waals surface area contributed by atoms with Gasteiger partial charge in [-0.2, -0.15) is 0 Å². The van der Waals surface area contributed by atoms with E-state index in [1.807, 2.05) is 18.7 Å². The van der Waals surface area contributed by atoms with Gasteiger partial charge in [0.15, 0.2) is 0 Å². The molecule has 1 heterocycles. The highest BCUT2D eigenvalue weighted by Gasteiger charge is 2.29. The molecule has 1 aliphatic rings. The number of likely N-dealkylation sites (tertiary alicyclic amines) is 1. The van der Waals surface area contributed by atoms with E-state index in [9.17, 15) is 14.0 Å². The molecule has 23 heavy (non-hydrogen) atoms. The van der Waals surface area contributed by atoms with Gasteiger partial charge < -0.3 is 10.2 Å². The van der Waals surface area contributed by atoms with E-state index in [1.54, 1.807) is 12.1 Å². The summed E-state index contributed by atoms with van der Waals surface area (Å²) in [6, 6.07) is 5.90. The Bertz CT molecular complexity index is 550. The third kappa shape index (κ3) is 4.53. The lowest BCUT2D eigenvalue weighted by atomic mass is 9.93. The molecule has 1 aromatic carbocycles. The zero-order valence-corrected chi connectivity index (χ0v) is 13.8. The van der Waals surface area contributed by atoms with Crippen LogP contribution in [0.5, 0.6) is 0 Å². The largest absolute Gasteiger partial charge is 0.342 e. The van der Waals surface area contributed by atoms with Gasteiger partial charge in [-0.05, 0) is 43.9 Å². The van der Waals surface area contributed by atoms with Crippen LogP contribution in [-0.2, 0) is 9.59 Å². The molecule has 1 aromatic rings. The first-order valence-electron chi connectivity index (χ1n) is 8.40. The van der Waals surface area contributed by atoms with Gasteiger partial charge in [0.2, 0.25) is 11.8 Å². The number of benzene rings is 1. The highest BCUT2D eigenvalue weighted by atomic mass is 19.1. The SMILES string of the molecule is CCC(CC)C(=O)N1CCC(C(=O)Nc2cccc(F)c2)CC1. The van der Waals surface area contributed by atoms with Crippen LogP contribution in [0, 0.1) is 17.7 Å². The normalized spacial score (nSPS) is 15.7. The van der Waals surface area contributed by atoms with Crippen molar-refractivity contribution in [3.63, 3.8) is 0 Å². The quantitative estimate of drug-likeness (QED) is 0.903. The minimum Gasteiger partial charge on any atom is -0.342 e. The number of hydrogen-bond donors (Lipinski definition) is 1. The number of carbonyl (C=O) groups excluding carboxylic acids is 2. The van der Waals surface area contributed by atoms with Gasteiger partial charge in [0.25, 0.3) is 0 Å². The van der Waals surface area contributed by atoms with Crippen LogP contribution in [-0.4, -0.2) is 29.8 Å². The number of rotatable bonds is 5. The van der Waals surface area contributed by atoms with Crippen LogP contribution < -0.4 is 5.32 Å². The van der Waals surface area contributed by atoms with Gasteiger partial charge in [0.1, 0.15) is 5.82 Å². The Balaban J connectivity index is 1.86. The number of halogens is 1. The van der Waals surface area contributed by atoms with E-state index in [0.29, 0.717) is 31.6 Å². The molecular formula is C18H25FN2O2. The molecule has 0 radical (unpaired) electrons. The molecule has 0 spiro atoms. The lowest BCUT2D eigenvalue weighted by Gasteiger charge is -2.33. The number of anilines is 1. The fraction of sp³-hybridized carbons (Fsp3) is 0.556. The third-order valence-corrected chi connectivity index (χ3v) is 4.60. The highest BCUT2D eigenvalue weighted by molar-refractivity contribution is 5.92. The van der Waals surface area contributed by atoms with Crippen LogP contribution in [0.1, 0.15) is 39.5 Å². The molecule has 0 unspecified atom stereocenters. The van der Waals surface area contributed by atoms with Crippen molar-refractivity contribution in [1.29, 1.82) is 0 Å². The summed E-state index contributed by atoms with van der Waals surface area (Å²) >= 11 is 0.